The van der Waals surface area contributed by atoms with E-state index in [1.54, 1.807) is 12.2 Å². The molecule has 0 amide bonds. The van der Waals surface area contributed by atoms with Crippen LogP contribution in [0.1, 0.15) is 37.3 Å². The van der Waals surface area contributed by atoms with Crippen LogP contribution < -0.4 is 0 Å². The summed E-state index contributed by atoms with van der Waals surface area (Å²) in [6.45, 7) is 2.14. The molecule has 2 rings (SSSR count). The van der Waals surface area contributed by atoms with Crippen molar-refractivity contribution in [2.75, 3.05) is 17.3 Å². The van der Waals surface area contributed by atoms with E-state index in [0.717, 1.165) is 36.3 Å². The summed E-state index contributed by atoms with van der Waals surface area (Å²) in [6.07, 6.45) is 5.69. The number of carbonyl (C=O) groups is 2. The van der Waals surface area contributed by atoms with Gasteiger partial charge in [-0.1, -0.05) is 49.8 Å². The third kappa shape index (κ3) is 8.46. The molecule has 0 aromatic heterocycles. The molecule has 3 N–H and O–H groups in total. The van der Waals surface area contributed by atoms with Crippen molar-refractivity contribution in [3.8, 4) is 0 Å². The fraction of sp³-hybridized carbons (Fsp3) is 0.565. The van der Waals surface area contributed by atoms with Gasteiger partial charge < -0.3 is 15.3 Å². The zero-order valence-corrected chi connectivity index (χ0v) is 19.0. The van der Waals surface area contributed by atoms with Gasteiger partial charge in [0.15, 0.2) is 0 Å². The van der Waals surface area contributed by atoms with E-state index in [1.807, 2.05) is 12.1 Å². The Hall–Kier alpha value is -1.28. The number of carboxylic acids is 1. The Morgan fingerprint density at radius 1 is 1.30 bits per heavy atom. The van der Waals surface area contributed by atoms with Gasteiger partial charge in [0.1, 0.15) is 5.78 Å². The summed E-state index contributed by atoms with van der Waals surface area (Å²) in [4.78, 5) is 22.8. The van der Waals surface area contributed by atoms with Gasteiger partial charge >= 0.3 is 5.97 Å². The average molecular weight is 453 g/mol. The number of carbonyl (C=O) groups excluding carboxylic acids is 1. The van der Waals surface area contributed by atoms with Crippen molar-refractivity contribution >= 4 is 35.3 Å². The number of aliphatic hydroxyl groups is 2. The molecule has 5 nitrogen and oxygen atoms in total. The minimum atomic E-state index is -0.817. The summed E-state index contributed by atoms with van der Waals surface area (Å²) < 4.78 is 0. The average Bonchev–Trinajstić information content (AvgIpc) is 2.95. The van der Waals surface area contributed by atoms with E-state index in [2.05, 4.69) is 19.1 Å². The summed E-state index contributed by atoms with van der Waals surface area (Å²) in [5.41, 5.74) is 2.34. The molecule has 4 atom stereocenters. The molecule has 0 aliphatic heterocycles. The van der Waals surface area contributed by atoms with Crippen molar-refractivity contribution in [3.05, 3.63) is 47.5 Å². The van der Waals surface area contributed by atoms with Crippen LogP contribution in [0.25, 0.3) is 0 Å². The zero-order valence-electron chi connectivity index (χ0n) is 17.4. The predicted molar refractivity (Wildman–Crippen MR) is 124 cm³/mol. The molecule has 1 saturated carbocycles. The van der Waals surface area contributed by atoms with Gasteiger partial charge in [-0.25, -0.2) is 0 Å². The van der Waals surface area contributed by atoms with Crippen LogP contribution >= 0.6 is 23.5 Å². The first-order valence-corrected chi connectivity index (χ1v) is 12.7. The smallest absolute Gasteiger partial charge is 0.313 e. The number of ketones is 1. The lowest BCUT2D eigenvalue weighted by Gasteiger charge is -2.17. The van der Waals surface area contributed by atoms with Crippen molar-refractivity contribution in [1.82, 2.24) is 0 Å². The van der Waals surface area contributed by atoms with Crippen molar-refractivity contribution in [2.24, 2.45) is 5.92 Å². The quantitative estimate of drug-likeness (QED) is 0.312. The molecule has 3 unspecified atom stereocenters. The van der Waals surface area contributed by atoms with Crippen molar-refractivity contribution < 1.29 is 24.9 Å². The molecular formula is C23H32O5S2. The highest BCUT2D eigenvalue weighted by Crippen LogP contribution is 2.34. The second-order valence-electron chi connectivity index (χ2n) is 7.63. The lowest BCUT2D eigenvalue weighted by molar-refractivity contribution is -0.133. The molecule has 1 fully saturated rings. The topological polar surface area (TPSA) is 94.8 Å². The standard InChI is InChI=1S/C23H32O5S2/c1-2-5-16-6-3-7-17(12-16)13-18(24)8-9-19-20(25)14-21(26)23(19)30-11-4-10-29-15-22(27)28/h3,6-9,12,18-20,23-25H,2,4-5,10-11,13-15H2,1H3,(H,27,28)/t18?,19-,20?,23?/m0/s1. The molecule has 166 valence electrons. The van der Waals surface area contributed by atoms with Crippen LogP contribution in [0.5, 0.6) is 0 Å². The molecular weight excluding hydrogens is 420 g/mol. The molecule has 0 spiro atoms. The maximum atomic E-state index is 12.3. The van der Waals surface area contributed by atoms with E-state index in [1.165, 1.54) is 29.1 Å². The number of hydrogen-bond acceptors (Lipinski definition) is 6. The molecule has 7 heteroatoms. The van der Waals surface area contributed by atoms with Crippen LogP contribution in [0.4, 0.5) is 0 Å². The van der Waals surface area contributed by atoms with E-state index in [-0.39, 0.29) is 29.1 Å². The van der Waals surface area contributed by atoms with Crippen LogP contribution in [0.15, 0.2) is 36.4 Å². The Kier molecular flexibility index (Phi) is 11.0. The Labute approximate surface area is 187 Å². The first-order chi connectivity index (χ1) is 14.4. The maximum absolute atomic E-state index is 12.3. The van der Waals surface area contributed by atoms with E-state index in [9.17, 15) is 19.8 Å². The second-order valence-corrected chi connectivity index (χ2v) is 9.99. The van der Waals surface area contributed by atoms with E-state index in [0.29, 0.717) is 6.42 Å². The fourth-order valence-corrected chi connectivity index (χ4v) is 5.80. The lowest BCUT2D eigenvalue weighted by Crippen LogP contribution is -2.22. The van der Waals surface area contributed by atoms with Crippen molar-refractivity contribution in [1.29, 1.82) is 0 Å². The third-order valence-corrected chi connectivity index (χ3v) is 7.50. The Morgan fingerprint density at radius 2 is 2.07 bits per heavy atom. The van der Waals surface area contributed by atoms with Gasteiger partial charge in [-0.2, -0.15) is 11.8 Å². The van der Waals surface area contributed by atoms with Gasteiger partial charge in [0.25, 0.3) is 0 Å². The van der Waals surface area contributed by atoms with Crippen LogP contribution in [0.3, 0.4) is 0 Å². The number of aliphatic carboxylic acids is 1. The minimum absolute atomic E-state index is 0.0436. The zero-order chi connectivity index (χ0) is 21.9. The molecule has 1 aromatic carbocycles. The van der Waals surface area contributed by atoms with Crippen LogP contribution in [-0.2, 0) is 22.4 Å². The number of hydrogen-bond donors (Lipinski definition) is 3. The molecule has 1 aliphatic rings. The summed E-state index contributed by atoms with van der Waals surface area (Å²) in [5.74, 6) is 0.502. The van der Waals surface area contributed by atoms with Gasteiger partial charge in [0.05, 0.1) is 23.2 Å². The first-order valence-electron chi connectivity index (χ1n) is 10.5. The van der Waals surface area contributed by atoms with Gasteiger partial charge in [0.2, 0.25) is 0 Å². The molecule has 1 aromatic rings. The highest BCUT2D eigenvalue weighted by atomic mass is 32.2. The number of aryl methyl sites for hydroxylation is 1. The van der Waals surface area contributed by atoms with E-state index >= 15 is 0 Å². The van der Waals surface area contributed by atoms with Crippen molar-refractivity contribution in [3.63, 3.8) is 0 Å². The number of benzene rings is 1. The molecule has 30 heavy (non-hydrogen) atoms. The highest BCUT2D eigenvalue weighted by Gasteiger charge is 2.40. The summed E-state index contributed by atoms with van der Waals surface area (Å²) in [6, 6.07) is 8.23. The second kappa shape index (κ2) is 13.2. The van der Waals surface area contributed by atoms with Crippen molar-refractivity contribution in [2.45, 2.75) is 56.5 Å². The molecule has 0 heterocycles. The number of carboxylic acid groups (broad SMARTS) is 1. The number of thioether (sulfide) groups is 2. The Bertz CT molecular complexity index is 721. The van der Waals surface area contributed by atoms with E-state index in [4.69, 9.17) is 5.11 Å². The van der Waals surface area contributed by atoms with Gasteiger partial charge in [-0.05, 0) is 35.5 Å². The monoisotopic (exact) mass is 452 g/mol. The summed E-state index contributed by atoms with van der Waals surface area (Å²) in [7, 11) is 0. The SMILES string of the molecule is CCCc1cccc(CC(O)C=C[C@H]2C(O)CC(=O)C2SCCCSCC(=O)O)c1. The summed E-state index contributed by atoms with van der Waals surface area (Å²) in [5, 5.41) is 29.1. The largest absolute Gasteiger partial charge is 0.481 e. The number of aliphatic hydroxyl groups excluding tert-OH is 2. The molecule has 0 saturated heterocycles. The van der Waals surface area contributed by atoms with E-state index < -0.39 is 18.2 Å². The number of Topliss-reactive ketones (excluding diaryl/α,β-unsaturated/α-hetero) is 1. The van der Waals surface area contributed by atoms with Gasteiger partial charge in [0, 0.05) is 18.8 Å². The first kappa shape index (κ1) is 25.0. The van der Waals surface area contributed by atoms with Crippen LogP contribution in [0, 0.1) is 5.92 Å². The molecule has 1 aliphatic carbocycles. The summed E-state index contributed by atoms with van der Waals surface area (Å²) >= 11 is 2.89. The maximum Gasteiger partial charge on any atom is 0.313 e. The fourth-order valence-electron chi connectivity index (χ4n) is 3.61. The van der Waals surface area contributed by atoms with Crippen LogP contribution in [-0.4, -0.2) is 61.8 Å². The molecule has 0 radical (unpaired) electrons. The Morgan fingerprint density at radius 3 is 2.80 bits per heavy atom. The van der Waals surface area contributed by atoms with Gasteiger partial charge in [-0.15, -0.1) is 11.8 Å². The normalized spacial score (nSPS) is 22.6. The predicted octanol–water partition coefficient (Wildman–Crippen LogP) is 3.36. The Balaban J connectivity index is 1.85. The van der Waals surface area contributed by atoms with Gasteiger partial charge in [-0.3, -0.25) is 9.59 Å². The van der Waals surface area contributed by atoms with Crippen LogP contribution in [0.2, 0.25) is 0 Å². The lowest BCUT2D eigenvalue weighted by atomic mass is 10.00. The molecule has 0 bridgehead atoms. The highest BCUT2D eigenvalue weighted by molar-refractivity contribution is 8.01. The minimum Gasteiger partial charge on any atom is -0.481 e. The third-order valence-electron chi connectivity index (χ3n) is 5.01. The number of rotatable bonds is 13.